The van der Waals surface area contributed by atoms with Gasteiger partial charge in [-0.2, -0.15) is 0 Å². The van der Waals surface area contributed by atoms with Gasteiger partial charge in [0.25, 0.3) is 0 Å². The first-order valence-corrected chi connectivity index (χ1v) is 7.40. The normalized spacial score (nSPS) is 11.0. The SMILES string of the molecule is CCNCc1cc(F)c(Sc2n[nH]c(=O)n2CC)c(F)c1. The molecule has 2 rings (SSSR count). The lowest BCUT2D eigenvalue weighted by Crippen LogP contribution is -2.16. The van der Waals surface area contributed by atoms with Crippen molar-refractivity contribution >= 4 is 11.8 Å². The number of rotatable bonds is 6. The second-order valence-corrected chi connectivity index (χ2v) is 5.30. The van der Waals surface area contributed by atoms with Gasteiger partial charge in [-0.15, -0.1) is 5.10 Å². The Balaban J connectivity index is 2.30. The van der Waals surface area contributed by atoms with Crippen LogP contribution in [0.2, 0.25) is 0 Å². The maximum Gasteiger partial charge on any atom is 0.343 e. The summed E-state index contributed by atoms with van der Waals surface area (Å²) in [6.07, 6.45) is 0. The molecule has 0 saturated heterocycles. The predicted octanol–water partition coefficient (Wildman–Crippen LogP) is 2.13. The van der Waals surface area contributed by atoms with Crippen LogP contribution in [-0.4, -0.2) is 21.3 Å². The molecular formula is C13H16F2N4OS. The topological polar surface area (TPSA) is 62.7 Å². The number of nitrogens with zero attached hydrogens (tertiary/aromatic N) is 2. The van der Waals surface area contributed by atoms with E-state index in [9.17, 15) is 13.6 Å². The zero-order valence-corrected chi connectivity index (χ0v) is 12.6. The van der Waals surface area contributed by atoms with E-state index in [4.69, 9.17) is 0 Å². The molecule has 5 nitrogen and oxygen atoms in total. The van der Waals surface area contributed by atoms with Crippen LogP contribution in [0.4, 0.5) is 8.78 Å². The van der Waals surface area contributed by atoms with Crippen LogP contribution in [0.25, 0.3) is 0 Å². The quantitative estimate of drug-likeness (QED) is 0.857. The Labute approximate surface area is 124 Å². The first-order chi connectivity index (χ1) is 10.1. The van der Waals surface area contributed by atoms with Crippen LogP contribution in [0.1, 0.15) is 19.4 Å². The number of aromatic nitrogens is 3. The third-order valence-corrected chi connectivity index (χ3v) is 3.96. The van der Waals surface area contributed by atoms with E-state index in [1.165, 1.54) is 16.7 Å². The fourth-order valence-electron chi connectivity index (χ4n) is 1.83. The third kappa shape index (κ3) is 3.51. The number of H-pyrrole nitrogens is 1. The van der Waals surface area contributed by atoms with E-state index >= 15 is 0 Å². The van der Waals surface area contributed by atoms with Crippen LogP contribution < -0.4 is 11.0 Å². The van der Waals surface area contributed by atoms with Gasteiger partial charge in [-0.3, -0.25) is 4.57 Å². The third-order valence-electron chi connectivity index (χ3n) is 2.87. The lowest BCUT2D eigenvalue weighted by molar-refractivity contribution is 0.533. The highest BCUT2D eigenvalue weighted by molar-refractivity contribution is 7.99. The standard InChI is InChI=1S/C13H16F2N4OS/c1-3-16-7-8-5-9(14)11(10(15)6-8)21-13-18-17-12(20)19(13)4-2/h5-6,16H,3-4,7H2,1-2H3,(H,17,20). The zero-order chi connectivity index (χ0) is 15.4. The molecule has 2 N–H and O–H groups in total. The molecule has 1 aromatic carbocycles. The summed E-state index contributed by atoms with van der Waals surface area (Å²) in [5, 5.41) is 9.29. The Bertz CT molecular complexity index is 660. The summed E-state index contributed by atoms with van der Waals surface area (Å²) in [6, 6.07) is 2.57. The van der Waals surface area contributed by atoms with Crippen LogP contribution in [0.3, 0.4) is 0 Å². The number of halogens is 2. The van der Waals surface area contributed by atoms with Crippen LogP contribution in [-0.2, 0) is 13.1 Å². The molecule has 0 fully saturated rings. The molecule has 114 valence electrons. The Hall–Kier alpha value is -1.67. The molecule has 0 amide bonds. The average Bonchev–Trinajstić information content (AvgIpc) is 2.80. The fourth-order valence-corrected chi connectivity index (χ4v) is 2.74. The Morgan fingerprint density at radius 3 is 2.57 bits per heavy atom. The van der Waals surface area contributed by atoms with Gasteiger partial charge in [0.2, 0.25) is 0 Å². The maximum absolute atomic E-state index is 14.1. The van der Waals surface area contributed by atoms with Gasteiger partial charge in [-0.1, -0.05) is 6.92 Å². The van der Waals surface area contributed by atoms with E-state index in [0.29, 0.717) is 18.7 Å². The monoisotopic (exact) mass is 314 g/mol. The van der Waals surface area contributed by atoms with Crippen molar-refractivity contribution in [1.29, 1.82) is 0 Å². The van der Waals surface area contributed by atoms with Crippen LogP contribution in [0.5, 0.6) is 0 Å². The van der Waals surface area contributed by atoms with Crippen molar-refractivity contribution < 1.29 is 8.78 Å². The molecule has 2 aromatic rings. The van der Waals surface area contributed by atoms with E-state index in [1.807, 2.05) is 6.92 Å². The van der Waals surface area contributed by atoms with Crippen molar-refractivity contribution in [1.82, 2.24) is 20.1 Å². The van der Waals surface area contributed by atoms with Gasteiger partial charge in [0.05, 0.1) is 4.90 Å². The zero-order valence-electron chi connectivity index (χ0n) is 11.7. The van der Waals surface area contributed by atoms with Gasteiger partial charge >= 0.3 is 5.69 Å². The molecule has 1 aromatic heterocycles. The number of aromatic amines is 1. The summed E-state index contributed by atoms with van der Waals surface area (Å²) in [5.41, 5.74) is 0.135. The highest BCUT2D eigenvalue weighted by Crippen LogP contribution is 2.31. The highest BCUT2D eigenvalue weighted by Gasteiger charge is 2.16. The number of nitrogens with one attached hydrogen (secondary N) is 2. The van der Waals surface area contributed by atoms with Crippen LogP contribution in [0, 0.1) is 11.6 Å². The lowest BCUT2D eigenvalue weighted by atomic mass is 10.2. The first kappa shape index (κ1) is 15.7. The van der Waals surface area contributed by atoms with Crippen molar-refractivity contribution in [2.75, 3.05) is 6.54 Å². The van der Waals surface area contributed by atoms with Crippen molar-refractivity contribution in [3.05, 3.63) is 39.8 Å². The van der Waals surface area contributed by atoms with Crippen molar-refractivity contribution in [3.63, 3.8) is 0 Å². The molecule has 0 aliphatic rings. The molecule has 0 radical (unpaired) electrons. The van der Waals surface area contributed by atoms with Gasteiger partial charge in [0.15, 0.2) is 5.16 Å². The summed E-state index contributed by atoms with van der Waals surface area (Å²) in [4.78, 5) is 11.3. The number of hydrogen-bond acceptors (Lipinski definition) is 4. The molecule has 0 atom stereocenters. The van der Waals surface area contributed by atoms with E-state index in [-0.39, 0.29) is 10.1 Å². The van der Waals surface area contributed by atoms with Crippen molar-refractivity contribution in [2.24, 2.45) is 0 Å². The number of benzene rings is 1. The molecule has 0 aliphatic carbocycles. The molecule has 0 spiro atoms. The van der Waals surface area contributed by atoms with Crippen molar-refractivity contribution in [3.8, 4) is 0 Å². The molecule has 0 bridgehead atoms. The molecule has 1 heterocycles. The summed E-state index contributed by atoms with van der Waals surface area (Å²) in [5.74, 6) is -1.32. The van der Waals surface area contributed by atoms with Gasteiger partial charge in [-0.05, 0) is 42.9 Å². The van der Waals surface area contributed by atoms with E-state index in [2.05, 4.69) is 15.5 Å². The summed E-state index contributed by atoms with van der Waals surface area (Å²) in [6.45, 7) is 5.16. The lowest BCUT2D eigenvalue weighted by Gasteiger charge is -2.08. The summed E-state index contributed by atoms with van der Waals surface area (Å²) in [7, 11) is 0. The highest BCUT2D eigenvalue weighted by atomic mass is 32.2. The van der Waals surface area contributed by atoms with Gasteiger partial charge < -0.3 is 5.32 Å². The van der Waals surface area contributed by atoms with Crippen LogP contribution >= 0.6 is 11.8 Å². The van der Waals surface area contributed by atoms with Crippen LogP contribution in [0.15, 0.2) is 27.0 Å². The molecule has 21 heavy (non-hydrogen) atoms. The minimum atomic E-state index is -0.661. The van der Waals surface area contributed by atoms with Crippen molar-refractivity contribution in [2.45, 2.75) is 37.0 Å². The van der Waals surface area contributed by atoms with E-state index < -0.39 is 17.3 Å². The second-order valence-electron chi connectivity index (χ2n) is 4.33. The molecular weight excluding hydrogens is 298 g/mol. The Morgan fingerprint density at radius 2 is 2.00 bits per heavy atom. The largest absolute Gasteiger partial charge is 0.343 e. The second kappa shape index (κ2) is 6.86. The Morgan fingerprint density at radius 1 is 1.33 bits per heavy atom. The predicted molar refractivity (Wildman–Crippen MR) is 76.4 cm³/mol. The number of hydrogen-bond donors (Lipinski definition) is 2. The average molecular weight is 314 g/mol. The minimum Gasteiger partial charge on any atom is -0.313 e. The minimum absolute atomic E-state index is 0.163. The molecule has 8 heteroatoms. The molecule has 0 saturated carbocycles. The summed E-state index contributed by atoms with van der Waals surface area (Å²) < 4.78 is 29.4. The first-order valence-electron chi connectivity index (χ1n) is 6.58. The molecule has 0 aliphatic heterocycles. The summed E-state index contributed by atoms with van der Waals surface area (Å²) >= 11 is 0.796. The fraction of sp³-hybridized carbons (Fsp3) is 0.385. The maximum atomic E-state index is 14.1. The van der Waals surface area contributed by atoms with Gasteiger partial charge in [-0.25, -0.2) is 18.7 Å². The smallest absolute Gasteiger partial charge is 0.313 e. The molecule has 0 unspecified atom stereocenters. The Kier molecular flexibility index (Phi) is 5.13. The van der Waals surface area contributed by atoms with Gasteiger partial charge in [0, 0.05) is 13.1 Å². The van der Waals surface area contributed by atoms with Gasteiger partial charge in [0.1, 0.15) is 11.6 Å². The van der Waals surface area contributed by atoms with E-state index in [0.717, 1.165) is 18.3 Å². The van der Waals surface area contributed by atoms with E-state index in [1.54, 1.807) is 6.92 Å².